The first kappa shape index (κ1) is 14.7. The number of nitrogens with zero attached hydrogens (tertiary/aromatic N) is 4. The second kappa shape index (κ2) is 6.66. The highest BCUT2D eigenvalue weighted by Gasteiger charge is 2.18. The third kappa shape index (κ3) is 3.49. The maximum Gasteiger partial charge on any atom is 0.149 e. The van der Waals surface area contributed by atoms with Crippen molar-refractivity contribution in [3.63, 3.8) is 0 Å². The van der Waals surface area contributed by atoms with Crippen LogP contribution in [0.5, 0.6) is 0 Å². The highest BCUT2D eigenvalue weighted by atomic mass is 79.9. The van der Waals surface area contributed by atoms with Crippen molar-refractivity contribution >= 4 is 15.9 Å². The van der Waals surface area contributed by atoms with Gasteiger partial charge in [-0.3, -0.25) is 4.98 Å². The molecule has 5 nitrogen and oxygen atoms in total. The molecule has 1 aliphatic rings. The molecule has 0 saturated carbocycles. The molecule has 1 atom stereocenters. The highest BCUT2D eigenvalue weighted by molar-refractivity contribution is 9.10. The van der Waals surface area contributed by atoms with Gasteiger partial charge in [0.15, 0.2) is 0 Å². The van der Waals surface area contributed by atoms with Gasteiger partial charge in [0.05, 0.1) is 11.7 Å². The molecule has 3 rings (SSSR count). The molecule has 2 aromatic heterocycles. The van der Waals surface area contributed by atoms with Crippen LogP contribution in [0.4, 0.5) is 0 Å². The van der Waals surface area contributed by atoms with Gasteiger partial charge in [0.25, 0.3) is 0 Å². The summed E-state index contributed by atoms with van der Waals surface area (Å²) in [6.07, 6.45) is 6.61. The third-order valence-electron chi connectivity index (χ3n) is 3.90. The first-order valence-electron chi connectivity index (χ1n) is 7.50. The maximum atomic E-state index is 4.39. The van der Waals surface area contributed by atoms with Gasteiger partial charge in [0.1, 0.15) is 11.6 Å². The molecule has 0 radical (unpaired) electrons. The summed E-state index contributed by atoms with van der Waals surface area (Å²) in [5.41, 5.74) is 1.03. The molecule has 0 fully saturated rings. The van der Waals surface area contributed by atoms with Crippen LogP contribution in [0.25, 0.3) is 0 Å². The SMILES string of the molecule is CC(NCc1ccc(Br)cn1)c1nnc2n1CCCCC2. The Kier molecular flexibility index (Phi) is 4.65. The summed E-state index contributed by atoms with van der Waals surface area (Å²) in [7, 11) is 0. The van der Waals surface area contributed by atoms with Crippen molar-refractivity contribution in [3.8, 4) is 0 Å². The predicted molar refractivity (Wildman–Crippen MR) is 84.8 cm³/mol. The van der Waals surface area contributed by atoms with Crippen molar-refractivity contribution < 1.29 is 0 Å². The van der Waals surface area contributed by atoms with Crippen molar-refractivity contribution in [1.29, 1.82) is 0 Å². The summed E-state index contributed by atoms with van der Waals surface area (Å²) in [5, 5.41) is 12.2. The van der Waals surface area contributed by atoms with E-state index in [1.165, 1.54) is 19.3 Å². The molecule has 2 aromatic rings. The summed E-state index contributed by atoms with van der Waals surface area (Å²) >= 11 is 3.40. The topological polar surface area (TPSA) is 55.6 Å². The maximum absolute atomic E-state index is 4.39. The van der Waals surface area contributed by atoms with Gasteiger partial charge < -0.3 is 9.88 Å². The van der Waals surface area contributed by atoms with Gasteiger partial charge in [-0.1, -0.05) is 6.42 Å². The van der Waals surface area contributed by atoms with Crippen LogP contribution in [0.2, 0.25) is 0 Å². The minimum absolute atomic E-state index is 0.176. The second-order valence-corrected chi connectivity index (χ2v) is 6.42. The Labute approximate surface area is 133 Å². The zero-order valence-electron chi connectivity index (χ0n) is 12.2. The molecule has 0 aliphatic carbocycles. The summed E-state index contributed by atoms with van der Waals surface area (Å²) in [6.45, 7) is 3.91. The average Bonchev–Trinajstić information content (AvgIpc) is 2.75. The van der Waals surface area contributed by atoms with E-state index in [1.807, 2.05) is 18.3 Å². The Bertz CT molecular complexity index is 593. The van der Waals surface area contributed by atoms with Gasteiger partial charge in [-0.05, 0) is 47.8 Å². The van der Waals surface area contributed by atoms with E-state index in [0.29, 0.717) is 0 Å². The van der Waals surface area contributed by atoms with Crippen LogP contribution in [0.3, 0.4) is 0 Å². The molecule has 0 saturated heterocycles. The van der Waals surface area contributed by atoms with Gasteiger partial charge in [-0.15, -0.1) is 10.2 Å². The lowest BCUT2D eigenvalue weighted by atomic mass is 10.2. The van der Waals surface area contributed by atoms with E-state index in [0.717, 1.165) is 41.3 Å². The molecule has 1 aliphatic heterocycles. The molecular weight excluding hydrogens is 330 g/mol. The Balaban J connectivity index is 1.66. The van der Waals surface area contributed by atoms with E-state index in [1.54, 1.807) is 0 Å². The summed E-state index contributed by atoms with van der Waals surface area (Å²) in [6, 6.07) is 4.21. The minimum Gasteiger partial charge on any atom is -0.314 e. The smallest absolute Gasteiger partial charge is 0.149 e. The number of halogens is 1. The molecule has 0 bridgehead atoms. The molecule has 3 heterocycles. The van der Waals surface area contributed by atoms with E-state index in [9.17, 15) is 0 Å². The van der Waals surface area contributed by atoms with Crippen LogP contribution in [0, 0.1) is 0 Å². The lowest BCUT2D eigenvalue weighted by Crippen LogP contribution is -2.22. The van der Waals surface area contributed by atoms with Crippen molar-refractivity contribution in [1.82, 2.24) is 25.1 Å². The summed E-state index contributed by atoms with van der Waals surface area (Å²) in [5.74, 6) is 2.18. The predicted octanol–water partition coefficient (Wildman–Crippen LogP) is 3.01. The number of fused-ring (bicyclic) bond motifs is 1. The minimum atomic E-state index is 0.176. The van der Waals surface area contributed by atoms with Gasteiger partial charge in [-0.25, -0.2) is 0 Å². The molecule has 0 spiro atoms. The standard InChI is InChI=1S/C15H20BrN5/c1-11(17-10-13-7-6-12(16)9-18-13)15-20-19-14-5-3-2-4-8-21(14)15/h6-7,9,11,17H,2-5,8,10H2,1H3. The lowest BCUT2D eigenvalue weighted by Gasteiger charge is -2.15. The van der Waals surface area contributed by atoms with E-state index in [4.69, 9.17) is 0 Å². The van der Waals surface area contributed by atoms with Crippen LogP contribution in [-0.2, 0) is 19.5 Å². The number of aryl methyl sites for hydroxylation is 1. The number of pyridine rings is 1. The van der Waals surface area contributed by atoms with Crippen molar-refractivity contribution in [2.45, 2.75) is 51.7 Å². The van der Waals surface area contributed by atoms with Crippen LogP contribution >= 0.6 is 15.9 Å². The molecule has 0 aromatic carbocycles. The summed E-state index contributed by atoms with van der Waals surface area (Å²) < 4.78 is 3.29. The van der Waals surface area contributed by atoms with E-state index < -0.39 is 0 Å². The van der Waals surface area contributed by atoms with E-state index >= 15 is 0 Å². The van der Waals surface area contributed by atoms with E-state index in [2.05, 4.69) is 47.9 Å². The molecule has 0 amide bonds. The number of hydrogen-bond acceptors (Lipinski definition) is 4. The number of hydrogen-bond donors (Lipinski definition) is 1. The fourth-order valence-corrected chi connectivity index (χ4v) is 2.92. The molecule has 6 heteroatoms. The number of rotatable bonds is 4. The highest BCUT2D eigenvalue weighted by Crippen LogP contribution is 2.18. The normalized spacial score (nSPS) is 16.3. The molecule has 112 valence electrons. The van der Waals surface area contributed by atoms with E-state index in [-0.39, 0.29) is 6.04 Å². The third-order valence-corrected chi connectivity index (χ3v) is 4.37. The zero-order valence-corrected chi connectivity index (χ0v) is 13.8. The Morgan fingerprint density at radius 3 is 3.00 bits per heavy atom. The molecule has 21 heavy (non-hydrogen) atoms. The average molecular weight is 350 g/mol. The first-order chi connectivity index (χ1) is 10.2. The van der Waals surface area contributed by atoms with Crippen LogP contribution in [-0.4, -0.2) is 19.7 Å². The molecule has 1 unspecified atom stereocenters. The monoisotopic (exact) mass is 349 g/mol. The van der Waals surface area contributed by atoms with Crippen LogP contribution in [0.15, 0.2) is 22.8 Å². The van der Waals surface area contributed by atoms with Gasteiger partial charge >= 0.3 is 0 Å². The van der Waals surface area contributed by atoms with Crippen molar-refractivity contribution in [3.05, 3.63) is 40.1 Å². The molecular formula is C15H20BrN5. The lowest BCUT2D eigenvalue weighted by molar-refractivity contribution is 0.498. The fourth-order valence-electron chi connectivity index (χ4n) is 2.69. The van der Waals surface area contributed by atoms with Gasteiger partial charge in [0, 0.05) is 30.2 Å². The Morgan fingerprint density at radius 2 is 2.19 bits per heavy atom. The number of nitrogens with one attached hydrogen (secondary N) is 1. The van der Waals surface area contributed by atoms with Gasteiger partial charge in [0.2, 0.25) is 0 Å². The summed E-state index contributed by atoms with van der Waals surface area (Å²) in [4.78, 5) is 4.38. The Hall–Kier alpha value is -1.27. The van der Waals surface area contributed by atoms with Crippen molar-refractivity contribution in [2.24, 2.45) is 0 Å². The van der Waals surface area contributed by atoms with Crippen LogP contribution in [0.1, 0.15) is 49.6 Å². The fraction of sp³-hybridized carbons (Fsp3) is 0.533. The second-order valence-electron chi connectivity index (χ2n) is 5.51. The Morgan fingerprint density at radius 1 is 1.29 bits per heavy atom. The molecule has 1 N–H and O–H groups in total. The van der Waals surface area contributed by atoms with Crippen LogP contribution < -0.4 is 5.32 Å². The first-order valence-corrected chi connectivity index (χ1v) is 8.29. The van der Waals surface area contributed by atoms with Gasteiger partial charge in [-0.2, -0.15) is 0 Å². The zero-order chi connectivity index (χ0) is 14.7. The van der Waals surface area contributed by atoms with Crippen molar-refractivity contribution in [2.75, 3.05) is 0 Å². The quantitative estimate of drug-likeness (QED) is 0.921. The largest absolute Gasteiger partial charge is 0.314 e. The number of aromatic nitrogens is 4.